The highest BCUT2D eigenvalue weighted by atomic mass is 35.5. The number of nitrogens with one attached hydrogen (secondary N) is 2. The molecule has 0 spiro atoms. The number of halogens is 2. The first-order chi connectivity index (χ1) is 17.3. The van der Waals surface area contributed by atoms with Crippen molar-refractivity contribution in [2.24, 2.45) is 0 Å². The molecule has 2 N–H and O–H groups in total. The van der Waals surface area contributed by atoms with Crippen molar-refractivity contribution >= 4 is 40.7 Å². The molecule has 2 heterocycles. The average Bonchev–Trinajstić information content (AvgIpc) is 2.86. The van der Waals surface area contributed by atoms with E-state index < -0.39 is 0 Å². The van der Waals surface area contributed by atoms with Crippen molar-refractivity contribution in [3.63, 3.8) is 0 Å². The van der Waals surface area contributed by atoms with E-state index in [4.69, 9.17) is 37.4 Å². The van der Waals surface area contributed by atoms with Gasteiger partial charge in [0, 0.05) is 23.7 Å². The molecule has 1 unspecified atom stereocenters. The quantitative estimate of drug-likeness (QED) is 0.505. The Morgan fingerprint density at radius 3 is 2.22 bits per heavy atom. The number of benzene rings is 2. The zero-order valence-corrected chi connectivity index (χ0v) is 22.1. The van der Waals surface area contributed by atoms with Crippen LogP contribution in [0.25, 0.3) is 0 Å². The van der Waals surface area contributed by atoms with Crippen molar-refractivity contribution in [2.75, 3.05) is 33.2 Å². The lowest BCUT2D eigenvalue weighted by Gasteiger charge is -2.48. The number of hydrogen-bond acceptors (Lipinski definition) is 6. The maximum atomic E-state index is 13.1. The molecule has 2 aromatic rings. The van der Waals surface area contributed by atoms with E-state index in [-0.39, 0.29) is 36.5 Å². The number of nitrogens with zero attached hydrogens (tertiary/aromatic N) is 1. The molecule has 8 nitrogen and oxygen atoms in total. The summed E-state index contributed by atoms with van der Waals surface area (Å²) in [6.07, 6.45) is 4.63. The van der Waals surface area contributed by atoms with Gasteiger partial charge < -0.3 is 24.8 Å². The molecule has 4 rings (SSSR count). The van der Waals surface area contributed by atoms with Gasteiger partial charge in [-0.3, -0.25) is 14.5 Å². The Kier molecular flexibility index (Phi) is 8.49. The Morgan fingerprint density at radius 1 is 1.00 bits per heavy atom. The van der Waals surface area contributed by atoms with Gasteiger partial charge in [0.25, 0.3) is 5.91 Å². The van der Waals surface area contributed by atoms with Crippen molar-refractivity contribution in [3.8, 4) is 17.2 Å². The number of carbonyl (C=O) groups is 2. The lowest BCUT2D eigenvalue weighted by atomic mass is 9.81. The van der Waals surface area contributed by atoms with Crippen LogP contribution in [0, 0.1) is 0 Å². The molecular formula is C26H31Cl2N3O5. The fourth-order valence-electron chi connectivity index (χ4n) is 5.29. The van der Waals surface area contributed by atoms with Crippen LogP contribution in [0.3, 0.4) is 0 Å². The minimum Gasteiger partial charge on any atom is -0.493 e. The monoisotopic (exact) mass is 535 g/mol. The number of carbonyl (C=O) groups excluding carboxylic acids is 2. The van der Waals surface area contributed by atoms with Crippen LogP contribution in [-0.2, 0) is 4.79 Å². The molecule has 2 saturated heterocycles. The van der Waals surface area contributed by atoms with E-state index in [1.54, 1.807) is 30.3 Å². The van der Waals surface area contributed by atoms with Crippen LogP contribution in [0.5, 0.6) is 17.2 Å². The van der Waals surface area contributed by atoms with E-state index >= 15 is 0 Å². The molecule has 3 atom stereocenters. The molecule has 194 valence electrons. The van der Waals surface area contributed by atoms with Crippen LogP contribution in [0.4, 0.5) is 5.69 Å². The molecule has 2 bridgehead atoms. The summed E-state index contributed by atoms with van der Waals surface area (Å²) in [6, 6.07) is 8.90. The van der Waals surface area contributed by atoms with Gasteiger partial charge in [-0.15, -0.1) is 0 Å². The predicted molar refractivity (Wildman–Crippen MR) is 140 cm³/mol. The molecule has 0 radical (unpaired) electrons. The zero-order valence-electron chi connectivity index (χ0n) is 20.6. The highest BCUT2D eigenvalue weighted by molar-refractivity contribution is 6.44. The third-order valence-corrected chi connectivity index (χ3v) is 7.76. The van der Waals surface area contributed by atoms with Gasteiger partial charge in [0.15, 0.2) is 11.5 Å². The van der Waals surface area contributed by atoms with Crippen LogP contribution < -0.4 is 24.8 Å². The normalized spacial score (nSPS) is 21.4. The summed E-state index contributed by atoms with van der Waals surface area (Å²) in [5, 5.41) is 6.80. The average molecular weight is 536 g/mol. The number of anilines is 1. The van der Waals surface area contributed by atoms with Gasteiger partial charge in [-0.1, -0.05) is 35.7 Å². The Hall–Kier alpha value is -2.68. The first-order valence-electron chi connectivity index (χ1n) is 11.9. The minimum atomic E-state index is -0.195. The lowest BCUT2D eigenvalue weighted by Crippen LogP contribution is -2.58. The predicted octanol–water partition coefficient (Wildman–Crippen LogP) is 4.77. The second-order valence-electron chi connectivity index (χ2n) is 9.12. The number of ether oxygens (including phenoxy) is 3. The van der Waals surface area contributed by atoms with Crippen LogP contribution in [0.15, 0.2) is 30.3 Å². The SMILES string of the molecule is COc1cc(C(=O)NC2C[C@H]3CCC[C@@H](C2)N3CC(=O)Nc2cccc(Cl)c2Cl)cc(OC)c1OC. The number of piperidine rings is 2. The van der Waals surface area contributed by atoms with Gasteiger partial charge in [0.05, 0.1) is 43.6 Å². The molecule has 2 amide bonds. The Morgan fingerprint density at radius 2 is 1.64 bits per heavy atom. The highest BCUT2D eigenvalue weighted by Crippen LogP contribution is 2.39. The van der Waals surface area contributed by atoms with E-state index in [0.717, 1.165) is 32.1 Å². The molecule has 2 aliphatic rings. The maximum Gasteiger partial charge on any atom is 0.251 e. The second-order valence-corrected chi connectivity index (χ2v) is 9.90. The maximum absolute atomic E-state index is 13.1. The van der Waals surface area contributed by atoms with E-state index in [0.29, 0.717) is 38.5 Å². The van der Waals surface area contributed by atoms with Gasteiger partial charge in [-0.2, -0.15) is 0 Å². The van der Waals surface area contributed by atoms with Gasteiger partial charge >= 0.3 is 0 Å². The summed E-state index contributed by atoms with van der Waals surface area (Å²) >= 11 is 12.3. The third-order valence-electron chi connectivity index (χ3n) is 6.94. The van der Waals surface area contributed by atoms with Crippen LogP contribution >= 0.6 is 23.2 Å². The van der Waals surface area contributed by atoms with E-state index in [2.05, 4.69) is 15.5 Å². The van der Waals surface area contributed by atoms with E-state index in [9.17, 15) is 9.59 Å². The van der Waals surface area contributed by atoms with E-state index in [1.807, 2.05) is 0 Å². The van der Waals surface area contributed by atoms with E-state index in [1.165, 1.54) is 21.3 Å². The Balaban J connectivity index is 1.41. The summed E-state index contributed by atoms with van der Waals surface area (Å²) < 4.78 is 16.1. The third kappa shape index (κ3) is 5.66. The van der Waals surface area contributed by atoms with Crippen LogP contribution in [0.2, 0.25) is 10.0 Å². The van der Waals surface area contributed by atoms with Gasteiger partial charge in [-0.05, 0) is 49.9 Å². The first-order valence-corrected chi connectivity index (χ1v) is 12.7. The molecule has 0 saturated carbocycles. The molecule has 2 aliphatic heterocycles. The summed E-state index contributed by atoms with van der Waals surface area (Å²) in [5.41, 5.74) is 0.946. The van der Waals surface area contributed by atoms with Crippen molar-refractivity contribution in [3.05, 3.63) is 45.9 Å². The van der Waals surface area contributed by atoms with Crippen molar-refractivity contribution in [1.82, 2.24) is 10.2 Å². The number of hydrogen-bond donors (Lipinski definition) is 2. The summed E-state index contributed by atoms with van der Waals surface area (Å²) in [5.74, 6) is 0.978. The molecule has 0 aromatic heterocycles. The number of methoxy groups -OCH3 is 3. The second kappa shape index (κ2) is 11.6. The first kappa shape index (κ1) is 26.4. The van der Waals surface area contributed by atoms with Gasteiger partial charge in [-0.25, -0.2) is 0 Å². The number of rotatable bonds is 8. The largest absolute Gasteiger partial charge is 0.493 e. The van der Waals surface area contributed by atoms with Crippen molar-refractivity contribution in [2.45, 2.75) is 50.2 Å². The summed E-state index contributed by atoms with van der Waals surface area (Å²) in [4.78, 5) is 28.2. The summed E-state index contributed by atoms with van der Waals surface area (Å²) in [6.45, 7) is 0.270. The zero-order chi connectivity index (χ0) is 25.8. The van der Waals surface area contributed by atoms with Crippen LogP contribution in [0.1, 0.15) is 42.5 Å². The molecule has 2 fully saturated rings. The fraction of sp³-hybridized carbons (Fsp3) is 0.462. The molecule has 2 aromatic carbocycles. The molecule has 10 heteroatoms. The lowest BCUT2D eigenvalue weighted by molar-refractivity contribution is -0.120. The highest BCUT2D eigenvalue weighted by Gasteiger charge is 2.39. The minimum absolute atomic E-state index is 0.00794. The van der Waals surface area contributed by atoms with Crippen LogP contribution in [-0.4, -0.2) is 62.7 Å². The van der Waals surface area contributed by atoms with Crippen molar-refractivity contribution in [1.29, 1.82) is 0 Å². The standard InChI is InChI=1S/C26H31Cl2N3O5/c1-34-21-10-15(11-22(35-2)25(21)36-3)26(33)29-16-12-17-6-4-7-18(13-16)31(17)14-23(32)30-20-9-5-8-19(27)24(20)28/h5,8-11,16-18H,4,6-7,12-14H2,1-3H3,(H,29,33)(H,30,32)/t16?,17-,18+. The Labute approximate surface area is 221 Å². The molecule has 0 aliphatic carbocycles. The fourth-order valence-corrected chi connectivity index (χ4v) is 5.64. The smallest absolute Gasteiger partial charge is 0.251 e. The summed E-state index contributed by atoms with van der Waals surface area (Å²) in [7, 11) is 4.56. The Bertz CT molecular complexity index is 1090. The van der Waals surface area contributed by atoms with Gasteiger partial charge in [0.1, 0.15) is 0 Å². The molecule has 36 heavy (non-hydrogen) atoms. The topological polar surface area (TPSA) is 89.1 Å². The number of fused-ring (bicyclic) bond motifs is 2. The van der Waals surface area contributed by atoms with Gasteiger partial charge in [0.2, 0.25) is 11.7 Å². The van der Waals surface area contributed by atoms with Crippen molar-refractivity contribution < 1.29 is 23.8 Å². The molecular weight excluding hydrogens is 505 g/mol. The number of amides is 2.